The van der Waals surface area contributed by atoms with E-state index in [-0.39, 0.29) is 11.4 Å². The summed E-state index contributed by atoms with van der Waals surface area (Å²) in [5, 5.41) is 20.1. The lowest BCUT2D eigenvalue weighted by atomic mass is 9.95. The molecule has 33 heavy (non-hydrogen) atoms. The Balaban J connectivity index is 1.94. The van der Waals surface area contributed by atoms with E-state index < -0.39 is 18.0 Å². The third kappa shape index (κ3) is 3.84. The van der Waals surface area contributed by atoms with E-state index in [1.807, 2.05) is 36.4 Å². The second kappa shape index (κ2) is 8.32. The van der Waals surface area contributed by atoms with E-state index in [9.17, 15) is 9.59 Å². The summed E-state index contributed by atoms with van der Waals surface area (Å²) in [7, 11) is 3.18. The van der Waals surface area contributed by atoms with Crippen molar-refractivity contribution in [2.75, 3.05) is 19.0 Å². The van der Waals surface area contributed by atoms with Crippen molar-refractivity contribution in [1.82, 2.24) is 24.8 Å². The van der Waals surface area contributed by atoms with Crippen LogP contribution in [0.15, 0.2) is 47.8 Å². The lowest BCUT2D eigenvalue weighted by molar-refractivity contribution is -0.115. The molecule has 0 saturated carbocycles. The molecule has 0 fully saturated rings. The summed E-state index contributed by atoms with van der Waals surface area (Å²) in [4.78, 5) is 29.2. The molecule has 0 unspecified atom stereocenters. The lowest BCUT2D eigenvalue weighted by Crippen LogP contribution is -2.38. The highest BCUT2D eigenvalue weighted by Gasteiger charge is 2.43. The average molecular weight is 466 g/mol. The topological polar surface area (TPSA) is 107 Å². The highest BCUT2D eigenvalue weighted by molar-refractivity contribution is 6.30. The summed E-state index contributed by atoms with van der Waals surface area (Å²) < 4.78 is 1.82. The van der Waals surface area contributed by atoms with Crippen LogP contribution in [0.2, 0.25) is 5.02 Å². The molecule has 10 heteroatoms. The number of hydrogen-bond acceptors (Lipinski definition) is 5. The number of amides is 3. The molecule has 0 saturated heterocycles. The number of pyridine rings is 1. The number of rotatable bonds is 4. The van der Waals surface area contributed by atoms with Gasteiger partial charge in [0.2, 0.25) is 0 Å². The van der Waals surface area contributed by atoms with E-state index >= 15 is 0 Å². The minimum atomic E-state index is -0.627. The number of aromatic nitrogens is 3. The number of nitrogens with zero attached hydrogens (tertiary/aromatic N) is 5. The number of halogens is 1. The van der Waals surface area contributed by atoms with Gasteiger partial charge >= 0.3 is 6.03 Å². The largest absolute Gasteiger partial charge is 0.331 e. The standard InChI is InChI=1S/C23H24ClN7O2/c1-12-10-17(11-30-14(3)27-28-21(12)30)31-20(15-6-8-16(24)9-7-15)18(13(2)25)19(22(31)32)26-23(33)29(4)5/h6-11,20,25H,1-5H3,(H,26,33)/t20-/m1/s1. The van der Waals surface area contributed by atoms with E-state index in [1.165, 1.54) is 4.90 Å². The minimum absolute atomic E-state index is 0.0828. The van der Waals surface area contributed by atoms with Crippen molar-refractivity contribution in [2.24, 2.45) is 0 Å². The number of anilines is 1. The Morgan fingerprint density at radius 2 is 1.85 bits per heavy atom. The summed E-state index contributed by atoms with van der Waals surface area (Å²) in [6, 6.07) is 7.91. The highest BCUT2D eigenvalue weighted by atomic mass is 35.5. The van der Waals surface area contributed by atoms with Crippen LogP contribution in [0.1, 0.15) is 29.9 Å². The molecule has 3 aromatic rings. The van der Waals surface area contributed by atoms with Crippen molar-refractivity contribution in [3.8, 4) is 0 Å². The molecule has 2 N–H and O–H groups in total. The fourth-order valence-corrected chi connectivity index (χ4v) is 4.08. The second-order valence-corrected chi connectivity index (χ2v) is 8.63. The fraction of sp³-hybridized carbons (Fsp3) is 0.261. The van der Waals surface area contributed by atoms with Gasteiger partial charge in [-0.15, -0.1) is 10.2 Å². The Morgan fingerprint density at radius 1 is 1.18 bits per heavy atom. The normalized spacial score (nSPS) is 16.0. The van der Waals surface area contributed by atoms with Gasteiger partial charge in [0.05, 0.1) is 11.7 Å². The Kier molecular flexibility index (Phi) is 5.67. The number of fused-ring (bicyclic) bond motifs is 1. The number of hydrogen-bond donors (Lipinski definition) is 2. The third-order valence-corrected chi connectivity index (χ3v) is 5.84. The van der Waals surface area contributed by atoms with Gasteiger partial charge in [-0.3, -0.25) is 14.1 Å². The van der Waals surface area contributed by atoms with Gasteiger partial charge in [-0.1, -0.05) is 23.7 Å². The number of aryl methyl sites for hydroxylation is 2. The van der Waals surface area contributed by atoms with Crippen molar-refractivity contribution in [3.05, 3.63) is 69.8 Å². The zero-order valence-corrected chi connectivity index (χ0v) is 19.7. The van der Waals surface area contributed by atoms with Gasteiger partial charge in [0.15, 0.2) is 5.65 Å². The van der Waals surface area contributed by atoms with Gasteiger partial charge in [0.1, 0.15) is 11.5 Å². The lowest BCUT2D eigenvalue weighted by Gasteiger charge is -2.28. The summed E-state index contributed by atoms with van der Waals surface area (Å²) in [6.45, 7) is 5.34. The highest BCUT2D eigenvalue weighted by Crippen LogP contribution is 2.41. The van der Waals surface area contributed by atoms with Gasteiger partial charge in [-0.05, 0) is 50.1 Å². The van der Waals surface area contributed by atoms with E-state index in [1.54, 1.807) is 44.2 Å². The SMILES string of the molecule is CC(=N)C1=C(NC(=O)N(C)C)C(=O)N(c2cc(C)c3nnc(C)n3c2)[C@@H]1c1ccc(Cl)cc1. The molecule has 1 atom stereocenters. The zero-order chi connectivity index (χ0) is 24.0. The maximum absolute atomic E-state index is 13.8. The molecule has 170 valence electrons. The number of carbonyl (C=O) groups is 2. The molecule has 1 aliphatic rings. The molecule has 4 rings (SSSR count). The van der Waals surface area contributed by atoms with Gasteiger partial charge in [-0.2, -0.15) is 0 Å². The van der Waals surface area contributed by atoms with Crippen molar-refractivity contribution in [1.29, 1.82) is 5.41 Å². The van der Waals surface area contributed by atoms with Gasteiger partial charge in [-0.25, -0.2) is 4.79 Å². The average Bonchev–Trinajstić information content (AvgIpc) is 3.27. The quantitative estimate of drug-likeness (QED) is 0.573. The first-order valence-corrected chi connectivity index (χ1v) is 10.7. The Labute approximate surface area is 196 Å². The zero-order valence-electron chi connectivity index (χ0n) is 19.0. The number of urea groups is 1. The van der Waals surface area contributed by atoms with E-state index in [0.29, 0.717) is 27.8 Å². The van der Waals surface area contributed by atoms with Crippen LogP contribution in [0.4, 0.5) is 10.5 Å². The summed E-state index contributed by atoms with van der Waals surface area (Å²) in [5.41, 5.74) is 3.59. The van der Waals surface area contributed by atoms with Crippen LogP contribution in [0.25, 0.3) is 5.65 Å². The molecular weight excluding hydrogens is 442 g/mol. The van der Waals surface area contributed by atoms with Crippen LogP contribution in [-0.4, -0.2) is 51.2 Å². The Bertz CT molecular complexity index is 1320. The first-order chi connectivity index (χ1) is 15.6. The fourth-order valence-electron chi connectivity index (χ4n) is 3.96. The van der Waals surface area contributed by atoms with Gasteiger partial charge in [0, 0.05) is 36.6 Å². The van der Waals surface area contributed by atoms with Crippen molar-refractivity contribution >= 4 is 40.6 Å². The monoisotopic (exact) mass is 465 g/mol. The molecule has 1 aromatic carbocycles. The third-order valence-electron chi connectivity index (χ3n) is 5.58. The number of nitrogens with one attached hydrogen (secondary N) is 2. The summed E-state index contributed by atoms with van der Waals surface area (Å²) in [5.74, 6) is 0.276. The van der Waals surface area contributed by atoms with Crippen LogP contribution in [0.3, 0.4) is 0 Å². The van der Waals surface area contributed by atoms with Crippen LogP contribution in [0.5, 0.6) is 0 Å². The van der Waals surface area contributed by atoms with Gasteiger partial charge < -0.3 is 15.6 Å². The molecule has 9 nitrogen and oxygen atoms in total. The predicted octanol–water partition coefficient (Wildman–Crippen LogP) is 3.65. The van der Waals surface area contributed by atoms with Crippen LogP contribution < -0.4 is 10.2 Å². The first kappa shape index (κ1) is 22.5. The molecule has 0 bridgehead atoms. The number of benzene rings is 1. The van der Waals surface area contributed by atoms with Crippen LogP contribution >= 0.6 is 11.6 Å². The minimum Gasteiger partial charge on any atom is -0.331 e. The molecule has 0 radical (unpaired) electrons. The van der Waals surface area contributed by atoms with E-state index in [4.69, 9.17) is 17.0 Å². The van der Waals surface area contributed by atoms with Crippen molar-refractivity contribution in [3.63, 3.8) is 0 Å². The maximum Gasteiger partial charge on any atom is 0.321 e. The van der Waals surface area contributed by atoms with E-state index in [0.717, 1.165) is 11.1 Å². The van der Waals surface area contributed by atoms with Crippen LogP contribution in [-0.2, 0) is 4.79 Å². The van der Waals surface area contributed by atoms with E-state index in [2.05, 4.69) is 15.5 Å². The molecule has 3 amide bonds. The van der Waals surface area contributed by atoms with Crippen molar-refractivity contribution < 1.29 is 9.59 Å². The van der Waals surface area contributed by atoms with Crippen molar-refractivity contribution in [2.45, 2.75) is 26.8 Å². The number of carbonyl (C=O) groups excluding carboxylic acids is 2. The smallest absolute Gasteiger partial charge is 0.321 e. The summed E-state index contributed by atoms with van der Waals surface area (Å²) in [6.07, 6.45) is 1.80. The molecule has 0 aliphatic carbocycles. The second-order valence-electron chi connectivity index (χ2n) is 8.19. The van der Waals surface area contributed by atoms with Crippen LogP contribution in [0, 0.1) is 19.3 Å². The Hall–Kier alpha value is -3.72. The molecule has 3 heterocycles. The first-order valence-electron chi connectivity index (χ1n) is 10.3. The molecular formula is C23H24ClN7O2. The van der Waals surface area contributed by atoms with Gasteiger partial charge in [0.25, 0.3) is 5.91 Å². The molecule has 1 aliphatic heterocycles. The molecule has 0 spiro atoms. The summed E-state index contributed by atoms with van der Waals surface area (Å²) >= 11 is 6.11. The predicted molar refractivity (Wildman–Crippen MR) is 127 cm³/mol. The Morgan fingerprint density at radius 3 is 2.45 bits per heavy atom. The molecule has 2 aromatic heterocycles. The maximum atomic E-state index is 13.8.